The number of halogens is 1. The lowest BCUT2D eigenvalue weighted by molar-refractivity contribution is 0.276. The number of rotatable bonds is 3. The van der Waals surface area contributed by atoms with E-state index in [1.165, 1.54) is 6.07 Å². The monoisotopic (exact) mass is 256 g/mol. The molecule has 0 heterocycles. The van der Waals surface area contributed by atoms with E-state index in [-0.39, 0.29) is 12.2 Å². The van der Waals surface area contributed by atoms with Crippen LogP contribution in [0.25, 0.3) is 0 Å². The molecule has 0 radical (unpaired) electrons. The Labute approximate surface area is 111 Å². The standard InChI is InChI=1S/C15H13FN2O/c1-18(14-7-3-2-5-11(14)9-17)15-8-4-6-13(16)12(15)10-19/h2-8,19H,10H2,1H3. The number of aliphatic hydroxyl groups excluding tert-OH is 1. The molecule has 0 saturated carbocycles. The first-order valence-corrected chi connectivity index (χ1v) is 5.80. The molecule has 2 aromatic carbocycles. The van der Waals surface area contributed by atoms with Crippen molar-refractivity contribution >= 4 is 11.4 Å². The normalized spacial score (nSPS) is 10.0. The van der Waals surface area contributed by atoms with Gasteiger partial charge in [-0.3, -0.25) is 0 Å². The Morgan fingerprint density at radius 2 is 1.84 bits per heavy atom. The number of hydrogen-bond acceptors (Lipinski definition) is 3. The summed E-state index contributed by atoms with van der Waals surface area (Å²) in [6.07, 6.45) is 0. The second-order valence-electron chi connectivity index (χ2n) is 4.08. The number of benzene rings is 2. The summed E-state index contributed by atoms with van der Waals surface area (Å²) >= 11 is 0. The minimum atomic E-state index is -0.457. The molecule has 0 atom stereocenters. The summed E-state index contributed by atoms with van der Waals surface area (Å²) in [6.45, 7) is -0.388. The van der Waals surface area contributed by atoms with Crippen LogP contribution in [0.15, 0.2) is 42.5 Å². The van der Waals surface area contributed by atoms with Gasteiger partial charge in [-0.15, -0.1) is 0 Å². The first-order valence-electron chi connectivity index (χ1n) is 5.80. The van der Waals surface area contributed by atoms with E-state index in [0.717, 1.165) is 0 Å². The third-order valence-corrected chi connectivity index (χ3v) is 3.00. The number of aliphatic hydroxyl groups is 1. The van der Waals surface area contributed by atoms with Gasteiger partial charge >= 0.3 is 0 Å². The lowest BCUT2D eigenvalue weighted by Crippen LogP contribution is -2.14. The molecule has 2 aromatic rings. The molecule has 0 aliphatic rings. The van der Waals surface area contributed by atoms with Gasteiger partial charge in [0.25, 0.3) is 0 Å². The molecule has 0 aliphatic carbocycles. The summed E-state index contributed by atoms with van der Waals surface area (Å²) in [4.78, 5) is 1.70. The van der Waals surface area contributed by atoms with Crippen molar-refractivity contribution in [2.24, 2.45) is 0 Å². The molecule has 1 N–H and O–H groups in total. The number of hydrogen-bond donors (Lipinski definition) is 1. The van der Waals surface area contributed by atoms with Gasteiger partial charge in [-0.05, 0) is 24.3 Å². The average molecular weight is 256 g/mol. The van der Waals surface area contributed by atoms with Crippen molar-refractivity contribution in [2.45, 2.75) is 6.61 Å². The van der Waals surface area contributed by atoms with E-state index in [4.69, 9.17) is 5.26 Å². The second-order valence-corrected chi connectivity index (χ2v) is 4.08. The fraction of sp³-hybridized carbons (Fsp3) is 0.133. The van der Waals surface area contributed by atoms with E-state index >= 15 is 0 Å². The van der Waals surface area contributed by atoms with Crippen LogP contribution >= 0.6 is 0 Å². The van der Waals surface area contributed by atoms with Gasteiger partial charge in [0.15, 0.2) is 0 Å². The highest BCUT2D eigenvalue weighted by atomic mass is 19.1. The molecule has 0 bridgehead atoms. The molecule has 0 aliphatic heterocycles. The summed E-state index contributed by atoms with van der Waals surface area (Å²) in [6, 6.07) is 13.8. The zero-order chi connectivity index (χ0) is 13.8. The summed E-state index contributed by atoms with van der Waals surface area (Å²) in [5, 5.41) is 18.4. The van der Waals surface area contributed by atoms with Gasteiger partial charge in [0.05, 0.1) is 17.9 Å². The van der Waals surface area contributed by atoms with Crippen LogP contribution in [0, 0.1) is 17.1 Å². The number of nitriles is 1. The Kier molecular flexibility index (Phi) is 3.79. The molecule has 0 amide bonds. The Bertz CT molecular complexity index is 634. The number of anilines is 2. The predicted octanol–water partition coefficient (Wildman–Crippen LogP) is 2.96. The molecule has 96 valence electrons. The van der Waals surface area contributed by atoms with Gasteiger partial charge < -0.3 is 10.0 Å². The minimum absolute atomic E-state index is 0.220. The molecular formula is C15H13FN2O. The van der Waals surface area contributed by atoms with Crippen molar-refractivity contribution in [3.05, 3.63) is 59.4 Å². The maximum atomic E-state index is 13.7. The van der Waals surface area contributed by atoms with E-state index in [9.17, 15) is 9.50 Å². The third kappa shape index (κ3) is 2.42. The van der Waals surface area contributed by atoms with Crippen LogP contribution in [0.1, 0.15) is 11.1 Å². The van der Waals surface area contributed by atoms with Gasteiger partial charge in [0.2, 0.25) is 0 Å². The summed E-state index contributed by atoms with van der Waals surface area (Å²) in [7, 11) is 1.74. The van der Waals surface area contributed by atoms with Crippen LogP contribution < -0.4 is 4.90 Å². The lowest BCUT2D eigenvalue weighted by Gasteiger charge is -2.23. The zero-order valence-corrected chi connectivity index (χ0v) is 10.5. The van der Waals surface area contributed by atoms with Crippen molar-refractivity contribution in [1.29, 1.82) is 5.26 Å². The SMILES string of the molecule is CN(c1ccccc1C#N)c1cccc(F)c1CO. The second kappa shape index (κ2) is 5.51. The van der Waals surface area contributed by atoms with Gasteiger partial charge in [0, 0.05) is 18.3 Å². The first-order chi connectivity index (χ1) is 9.19. The van der Waals surface area contributed by atoms with Crippen molar-refractivity contribution in [1.82, 2.24) is 0 Å². The Morgan fingerprint density at radius 3 is 2.53 bits per heavy atom. The fourth-order valence-corrected chi connectivity index (χ4v) is 2.01. The van der Waals surface area contributed by atoms with E-state index in [0.29, 0.717) is 16.9 Å². The van der Waals surface area contributed by atoms with E-state index in [2.05, 4.69) is 6.07 Å². The molecule has 3 nitrogen and oxygen atoms in total. The Balaban J connectivity index is 2.54. The van der Waals surface area contributed by atoms with Crippen molar-refractivity contribution in [3.63, 3.8) is 0 Å². The highest BCUT2D eigenvalue weighted by molar-refractivity contribution is 5.70. The fourth-order valence-electron chi connectivity index (χ4n) is 2.01. The van der Waals surface area contributed by atoms with E-state index < -0.39 is 5.82 Å². The third-order valence-electron chi connectivity index (χ3n) is 3.00. The van der Waals surface area contributed by atoms with Crippen LogP contribution in [0.5, 0.6) is 0 Å². The van der Waals surface area contributed by atoms with E-state index in [1.54, 1.807) is 42.3 Å². The first kappa shape index (κ1) is 13.1. The lowest BCUT2D eigenvalue weighted by atomic mass is 10.1. The van der Waals surface area contributed by atoms with Crippen LogP contribution in [0.2, 0.25) is 0 Å². The van der Waals surface area contributed by atoms with Gasteiger partial charge in [-0.25, -0.2) is 4.39 Å². The maximum Gasteiger partial charge on any atom is 0.130 e. The largest absolute Gasteiger partial charge is 0.391 e. The number of nitrogens with zero attached hydrogens (tertiary/aromatic N) is 2. The smallest absolute Gasteiger partial charge is 0.130 e. The highest BCUT2D eigenvalue weighted by Crippen LogP contribution is 2.30. The highest BCUT2D eigenvalue weighted by Gasteiger charge is 2.14. The number of para-hydroxylation sites is 1. The molecule has 4 heteroatoms. The van der Waals surface area contributed by atoms with Crippen LogP contribution in [-0.2, 0) is 6.61 Å². The summed E-state index contributed by atoms with van der Waals surface area (Å²) in [5.41, 5.74) is 1.94. The van der Waals surface area contributed by atoms with Crippen LogP contribution in [0.3, 0.4) is 0 Å². The molecule has 2 rings (SSSR count). The van der Waals surface area contributed by atoms with Gasteiger partial charge in [0.1, 0.15) is 11.9 Å². The van der Waals surface area contributed by atoms with Crippen LogP contribution in [0.4, 0.5) is 15.8 Å². The van der Waals surface area contributed by atoms with Crippen molar-refractivity contribution in [3.8, 4) is 6.07 Å². The van der Waals surface area contributed by atoms with Crippen molar-refractivity contribution < 1.29 is 9.50 Å². The molecule has 0 aromatic heterocycles. The molecule has 19 heavy (non-hydrogen) atoms. The Hall–Kier alpha value is -2.38. The Morgan fingerprint density at radius 1 is 1.16 bits per heavy atom. The summed E-state index contributed by atoms with van der Waals surface area (Å²) in [5.74, 6) is -0.457. The van der Waals surface area contributed by atoms with Crippen molar-refractivity contribution in [2.75, 3.05) is 11.9 Å². The minimum Gasteiger partial charge on any atom is -0.391 e. The quantitative estimate of drug-likeness (QED) is 0.918. The molecular weight excluding hydrogens is 243 g/mol. The maximum absolute atomic E-state index is 13.7. The van der Waals surface area contributed by atoms with E-state index in [1.807, 2.05) is 6.07 Å². The van der Waals surface area contributed by atoms with Gasteiger partial charge in [-0.2, -0.15) is 5.26 Å². The topological polar surface area (TPSA) is 47.3 Å². The predicted molar refractivity (Wildman–Crippen MR) is 71.5 cm³/mol. The molecule has 0 spiro atoms. The molecule has 0 unspecified atom stereocenters. The van der Waals surface area contributed by atoms with Gasteiger partial charge in [-0.1, -0.05) is 18.2 Å². The average Bonchev–Trinajstić information content (AvgIpc) is 2.46. The molecule has 0 fully saturated rings. The summed E-state index contributed by atoms with van der Waals surface area (Å²) < 4.78 is 13.7. The zero-order valence-electron chi connectivity index (χ0n) is 10.5. The van der Waals surface area contributed by atoms with Crippen LogP contribution in [-0.4, -0.2) is 12.2 Å². The molecule has 0 saturated heterocycles.